The molecule has 1 atom stereocenters. The molecular weight excluding hydrogens is 358 g/mol. The average molecular weight is 373 g/mol. The van der Waals surface area contributed by atoms with Crippen molar-refractivity contribution in [2.45, 2.75) is 31.4 Å². The van der Waals surface area contributed by atoms with Gasteiger partial charge in [-0.3, -0.25) is 0 Å². The summed E-state index contributed by atoms with van der Waals surface area (Å²) in [6.07, 6.45) is 3.80. The highest BCUT2D eigenvalue weighted by Gasteiger charge is 2.21. The molecule has 1 aromatic carbocycles. The fourth-order valence-electron chi connectivity index (χ4n) is 1.98. The zero-order valence-electron chi connectivity index (χ0n) is 11.3. The van der Waals surface area contributed by atoms with Crippen molar-refractivity contribution in [1.82, 2.24) is 10.1 Å². The van der Waals surface area contributed by atoms with E-state index in [0.29, 0.717) is 29.4 Å². The van der Waals surface area contributed by atoms with Gasteiger partial charge in [0.2, 0.25) is 0 Å². The van der Waals surface area contributed by atoms with E-state index >= 15 is 0 Å². The van der Waals surface area contributed by atoms with Crippen LogP contribution in [0.25, 0.3) is 11.5 Å². The van der Waals surface area contributed by atoms with Gasteiger partial charge in [0.15, 0.2) is 5.82 Å². The molecule has 1 heterocycles. The van der Waals surface area contributed by atoms with E-state index in [1.807, 2.05) is 12.1 Å². The lowest BCUT2D eigenvalue weighted by Gasteiger charge is -2.26. The molecule has 1 aromatic heterocycles. The Morgan fingerprint density at radius 1 is 1.48 bits per heavy atom. The predicted molar refractivity (Wildman–Crippen MR) is 83.0 cm³/mol. The van der Waals surface area contributed by atoms with Crippen molar-refractivity contribution in [3.63, 3.8) is 0 Å². The maximum Gasteiger partial charge on any atom is 0.258 e. The lowest BCUT2D eigenvalue weighted by Crippen LogP contribution is -2.27. The second-order valence-corrected chi connectivity index (χ2v) is 6.34. The van der Waals surface area contributed by atoms with Crippen molar-refractivity contribution in [2.75, 3.05) is 6.61 Å². The molecule has 1 fully saturated rings. The van der Waals surface area contributed by atoms with E-state index in [0.717, 1.165) is 22.9 Å². The summed E-state index contributed by atoms with van der Waals surface area (Å²) in [5.41, 5.74) is 6.82. The van der Waals surface area contributed by atoms with Crippen LogP contribution in [0.4, 0.5) is 0 Å². The van der Waals surface area contributed by atoms with Gasteiger partial charge in [0, 0.05) is 10.0 Å². The minimum absolute atomic E-state index is 0.342. The topological polar surface area (TPSA) is 74.2 Å². The van der Waals surface area contributed by atoms with Gasteiger partial charge < -0.3 is 15.0 Å². The third kappa shape index (κ3) is 3.45. The van der Waals surface area contributed by atoms with E-state index in [4.69, 9.17) is 26.6 Å². The molecule has 1 aliphatic rings. The Morgan fingerprint density at radius 3 is 2.95 bits per heavy atom. The molecule has 0 spiro atoms. The second kappa shape index (κ2) is 6.44. The molecule has 2 aromatic rings. The fraction of sp³-hybridized carbons (Fsp3) is 0.429. The highest BCUT2D eigenvalue weighted by molar-refractivity contribution is 9.10. The molecule has 21 heavy (non-hydrogen) atoms. The molecule has 0 bridgehead atoms. The van der Waals surface area contributed by atoms with Crippen molar-refractivity contribution in [1.29, 1.82) is 0 Å². The molecule has 2 N–H and O–H groups in total. The van der Waals surface area contributed by atoms with Crippen LogP contribution in [0, 0.1) is 0 Å². The molecule has 0 saturated heterocycles. The Hall–Kier alpha value is -0.950. The van der Waals surface area contributed by atoms with Gasteiger partial charge in [-0.1, -0.05) is 16.8 Å². The molecule has 0 radical (unpaired) electrons. The number of halogens is 2. The average Bonchev–Trinajstić information content (AvgIpc) is 2.89. The SMILES string of the molecule is NC(COC1CCC1)c1noc(-c2ccc(Cl)c(Br)c2)n1. The molecule has 7 heteroatoms. The number of benzene rings is 1. The lowest BCUT2D eigenvalue weighted by atomic mass is 9.96. The maximum absolute atomic E-state index is 6.03. The molecule has 5 nitrogen and oxygen atoms in total. The highest BCUT2D eigenvalue weighted by atomic mass is 79.9. The largest absolute Gasteiger partial charge is 0.376 e. The zero-order chi connectivity index (χ0) is 14.8. The van der Waals surface area contributed by atoms with Crippen molar-refractivity contribution in [2.24, 2.45) is 5.73 Å². The van der Waals surface area contributed by atoms with Gasteiger partial charge in [-0.2, -0.15) is 4.98 Å². The monoisotopic (exact) mass is 371 g/mol. The Kier molecular flexibility index (Phi) is 4.59. The first-order valence-corrected chi connectivity index (χ1v) is 7.97. The number of hydrogen-bond donors (Lipinski definition) is 1. The first-order chi connectivity index (χ1) is 10.1. The van der Waals surface area contributed by atoms with Crippen LogP contribution in [0.3, 0.4) is 0 Å². The van der Waals surface area contributed by atoms with Gasteiger partial charge >= 0.3 is 0 Å². The summed E-state index contributed by atoms with van der Waals surface area (Å²) in [4.78, 5) is 4.33. The van der Waals surface area contributed by atoms with Crippen LogP contribution >= 0.6 is 27.5 Å². The molecular formula is C14H15BrClN3O2. The number of rotatable bonds is 5. The Bertz CT molecular complexity index is 630. The van der Waals surface area contributed by atoms with E-state index in [2.05, 4.69) is 26.1 Å². The number of hydrogen-bond acceptors (Lipinski definition) is 5. The van der Waals surface area contributed by atoms with Gasteiger partial charge in [0.1, 0.15) is 0 Å². The van der Waals surface area contributed by atoms with Gasteiger partial charge in [-0.05, 0) is 53.4 Å². The van der Waals surface area contributed by atoms with Crippen LogP contribution < -0.4 is 5.73 Å². The summed E-state index contributed by atoms with van der Waals surface area (Å²) in [6, 6.07) is 5.04. The Morgan fingerprint density at radius 2 is 2.29 bits per heavy atom. The maximum atomic E-state index is 6.03. The molecule has 0 amide bonds. The third-order valence-corrected chi connectivity index (χ3v) is 4.72. The first-order valence-electron chi connectivity index (χ1n) is 6.79. The zero-order valence-corrected chi connectivity index (χ0v) is 13.6. The molecule has 3 rings (SSSR count). The second-order valence-electron chi connectivity index (χ2n) is 5.08. The van der Waals surface area contributed by atoms with Crippen LogP contribution in [0.1, 0.15) is 31.1 Å². The molecule has 112 valence electrons. The molecule has 1 unspecified atom stereocenters. The predicted octanol–water partition coefficient (Wildman–Crippen LogP) is 3.72. The van der Waals surface area contributed by atoms with Crippen LogP contribution in [-0.4, -0.2) is 22.9 Å². The van der Waals surface area contributed by atoms with Gasteiger partial charge in [0.25, 0.3) is 5.89 Å². The minimum Gasteiger partial charge on any atom is -0.376 e. The summed E-state index contributed by atoms with van der Waals surface area (Å²) in [6.45, 7) is 0.411. The van der Waals surface area contributed by atoms with Crippen LogP contribution in [0.2, 0.25) is 5.02 Å². The molecule has 1 saturated carbocycles. The number of ether oxygens (including phenoxy) is 1. The van der Waals surface area contributed by atoms with E-state index in [-0.39, 0.29) is 6.04 Å². The first kappa shape index (κ1) is 15.0. The quantitative estimate of drug-likeness (QED) is 0.866. The Balaban J connectivity index is 1.68. The smallest absolute Gasteiger partial charge is 0.258 e. The highest BCUT2D eigenvalue weighted by Crippen LogP contribution is 2.28. The van der Waals surface area contributed by atoms with E-state index in [1.54, 1.807) is 6.07 Å². The van der Waals surface area contributed by atoms with Crippen LogP contribution in [-0.2, 0) is 4.74 Å². The molecule has 1 aliphatic carbocycles. The summed E-state index contributed by atoms with van der Waals surface area (Å²) in [7, 11) is 0. The van der Waals surface area contributed by atoms with Crippen molar-refractivity contribution in [3.8, 4) is 11.5 Å². The summed E-state index contributed by atoms with van der Waals surface area (Å²) >= 11 is 9.33. The summed E-state index contributed by atoms with van der Waals surface area (Å²) in [5, 5.41) is 4.56. The Labute approximate surface area is 135 Å². The van der Waals surface area contributed by atoms with E-state index in [1.165, 1.54) is 6.42 Å². The number of nitrogens with two attached hydrogens (primary N) is 1. The molecule has 0 aliphatic heterocycles. The number of nitrogens with zero attached hydrogens (tertiary/aromatic N) is 2. The van der Waals surface area contributed by atoms with Gasteiger partial charge in [0.05, 0.1) is 23.8 Å². The minimum atomic E-state index is -0.376. The van der Waals surface area contributed by atoms with Crippen molar-refractivity contribution in [3.05, 3.63) is 33.5 Å². The van der Waals surface area contributed by atoms with E-state index in [9.17, 15) is 0 Å². The van der Waals surface area contributed by atoms with Gasteiger partial charge in [-0.25, -0.2) is 0 Å². The van der Waals surface area contributed by atoms with Crippen LogP contribution in [0.15, 0.2) is 27.2 Å². The number of aromatic nitrogens is 2. The van der Waals surface area contributed by atoms with Crippen molar-refractivity contribution < 1.29 is 9.26 Å². The fourth-order valence-corrected chi connectivity index (χ4v) is 2.48. The standard InChI is InChI=1S/C14H15BrClN3O2/c15-10-6-8(4-5-11(10)16)14-18-13(19-21-14)12(17)7-20-9-2-1-3-9/h4-6,9,12H,1-3,7,17H2. The summed E-state index contributed by atoms with van der Waals surface area (Å²) in [5.74, 6) is 0.872. The lowest BCUT2D eigenvalue weighted by molar-refractivity contribution is -0.00549. The third-order valence-electron chi connectivity index (χ3n) is 3.50. The van der Waals surface area contributed by atoms with Crippen LogP contribution in [0.5, 0.6) is 0 Å². The summed E-state index contributed by atoms with van der Waals surface area (Å²) < 4.78 is 11.7. The van der Waals surface area contributed by atoms with Crippen molar-refractivity contribution >= 4 is 27.5 Å². The normalized spacial score (nSPS) is 16.7. The van der Waals surface area contributed by atoms with E-state index < -0.39 is 0 Å². The van der Waals surface area contributed by atoms with Gasteiger partial charge in [-0.15, -0.1) is 0 Å².